The molecule has 0 nitrogen and oxygen atoms in total. The predicted octanol–water partition coefficient (Wildman–Crippen LogP) is 7.46. The van der Waals surface area contributed by atoms with E-state index in [0.717, 1.165) is 0 Å². The molecule has 0 aliphatic rings. The molecule has 0 aliphatic carbocycles. The van der Waals surface area contributed by atoms with Gasteiger partial charge in [-0.05, 0) is 72.6 Å². The van der Waals surface area contributed by atoms with Crippen LogP contribution in [0.4, 0.5) is 0 Å². The van der Waals surface area contributed by atoms with Crippen LogP contribution in [0.25, 0.3) is 0 Å². The predicted molar refractivity (Wildman–Crippen MR) is 116 cm³/mol. The summed E-state index contributed by atoms with van der Waals surface area (Å²) in [6.45, 7) is 18.4. The van der Waals surface area contributed by atoms with Gasteiger partial charge in [-0.2, -0.15) is 0 Å². The van der Waals surface area contributed by atoms with Crippen LogP contribution in [-0.4, -0.2) is 0 Å². The molecule has 0 amide bonds. The number of unbranched alkanes of at least 4 members (excludes halogenated alkanes) is 1. The lowest BCUT2D eigenvalue weighted by atomic mass is 9.81. The van der Waals surface area contributed by atoms with Crippen molar-refractivity contribution in [2.24, 2.45) is 0 Å². The van der Waals surface area contributed by atoms with Crippen LogP contribution in [0.1, 0.15) is 87.8 Å². The van der Waals surface area contributed by atoms with Gasteiger partial charge in [0.25, 0.3) is 0 Å². The fourth-order valence-electron chi connectivity index (χ4n) is 3.95. The van der Waals surface area contributed by atoms with Crippen LogP contribution in [0.5, 0.6) is 0 Å². The van der Waals surface area contributed by atoms with Crippen molar-refractivity contribution >= 4 is 0 Å². The summed E-state index contributed by atoms with van der Waals surface area (Å²) in [5.41, 5.74) is 9.29. The summed E-state index contributed by atoms with van der Waals surface area (Å²) in [4.78, 5) is 0. The molecule has 2 aromatic carbocycles. The molecule has 2 aromatic rings. The van der Waals surface area contributed by atoms with Crippen molar-refractivity contribution < 1.29 is 0 Å². The lowest BCUT2D eigenvalue weighted by molar-refractivity contribution is 0.572. The Labute approximate surface area is 162 Å². The average Bonchev–Trinajstić information content (AvgIpc) is 2.49. The quantitative estimate of drug-likeness (QED) is 0.491. The van der Waals surface area contributed by atoms with Crippen molar-refractivity contribution in [2.75, 3.05) is 0 Å². The van der Waals surface area contributed by atoms with Crippen molar-refractivity contribution in [3.05, 3.63) is 69.8 Å². The molecule has 0 spiro atoms. The van der Waals surface area contributed by atoms with Gasteiger partial charge in [-0.25, -0.2) is 0 Å². The average molecular weight is 351 g/mol. The van der Waals surface area contributed by atoms with Crippen LogP contribution in [0.2, 0.25) is 0 Å². The zero-order chi connectivity index (χ0) is 19.5. The van der Waals surface area contributed by atoms with E-state index in [-0.39, 0.29) is 10.8 Å². The Hall–Kier alpha value is -1.56. The molecule has 0 saturated heterocycles. The van der Waals surface area contributed by atoms with Crippen LogP contribution >= 0.6 is 0 Å². The highest BCUT2D eigenvalue weighted by molar-refractivity contribution is 5.37. The third-order valence-corrected chi connectivity index (χ3v) is 5.28. The van der Waals surface area contributed by atoms with Gasteiger partial charge in [-0.3, -0.25) is 0 Å². The van der Waals surface area contributed by atoms with Gasteiger partial charge >= 0.3 is 0 Å². The Balaban J connectivity index is 2.07. The third kappa shape index (κ3) is 5.47. The highest BCUT2D eigenvalue weighted by Crippen LogP contribution is 2.30. The number of rotatable bonds is 5. The number of benzene rings is 2. The van der Waals surface area contributed by atoms with E-state index < -0.39 is 0 Å². The van der Waals surface area contributed by atoms with Crippen LogP contribution in [0.15, 0.2) is 36.4 Å². The summed E-state index contributed by atoms with van der Waals surface area (Å²) >= 11 is 0. The monoisotopic (exact) mass is 350 g/mol. The summed E-state index contributed by atoms with van der Waals surface area (Å²) < 4.78 is 0. The minimum Gasteiger partial charge on any atom is -0.0590 e. The second-order valence-corrected chi connectivity index (χ2v) is 10.0. The summed E-state index contributed by atoms with van der Waals surface area (Å²) in [5, 5.41) is 0. The second-order valence-electron chi connectivity index (χ2n) is 10.0. The van der Waals surface area contributed by atoms with Crippen LogP contribution in [0.3, 0.4) is 0 Å². The number of hydrogen-bond acceptors (Lipinski definition) is 0. The SMILES string of the molecule is Cc1ccc(C(C)(C)C)c(CCCCc2cc(C)ccc2C(C)(C)C)c1. The molecule has 0 saturated carbocycles. The van der Waals surface area contributed by atoms with Crippen LogP contribution in [-0.2, 0) is 23.7 Å². The molecule has 0 heterocycles. The Bertz CT molecular complexity index is 670. The van der Waals surface area contributed by atoms with Crippen LogP contribution < -0.4 is 0 Å². The summed E-state index contributed by atoms with van der Waals surface area (Å²) in [7, 11) is 0. The zero-order valence-electron chi connectivity index (χ0n) is 18.3. The molecule has 0 aromatic heterocycles. The van der Waals surface area contributed by atoms with Crippen molar-refractivity contribution in [2.45, 2.75) is 91.9 Å². The molecule has 142 valence electrons. The van der Waals surface area contributed by atoms with E-state index >= 15 is 0 Å². The Morgan fingerprint density at radius 2 is 0.923 bits per heavy atom. The fourth-order valence-corrected chi connectivity index (χ4v) is 3.95. The van der Waals surface area contributed by atoms with Gasteiger partial charge in [-0.1, -0.05) is 89.1 Å². The van der Waals surface area contributed by atoms with Gasteiger partial charge in [0.05, 0.1) is 0 Å². The van der Waals surface area contributed by atoms with E-state index in [1.807, 2.05) is 0 Å². The molecular formula is C26H38. The molecule has 0 fully saturated rings. The van der Waals surface area contributed by atoms with Gasteiger partial charge in [0.2, 0.25) is 0 Å². The first kappa shape index (κ1) is 20.7. The maximum atomic E-state index is 2.40. The first-order chi connectivity index (χ1) is 12.0. The fraction of sp³-hybridized carbons (Fsp3) is 0.538. The molecule has 0 aliphatic heterocycles. The van der Waals surface area contributed by atoms with Gasteiger partial charge in [0, 0.05) is 0 Å². The van der Waals surface area contributed by atoms with E-state index in [0.29, 0.717) is 0 Å². The topological polar surface area (TPSA) is 0 Å². The maximum Gasteiger partial charge on any atom is -0.0129 e. The first-order valence-electron chi connectivity index (χ1n) is 10.2. The van der Waals surface area contributed by atoms with Crippen molar-refractivity contribution in [1.82, 2.24) is 0 Å². The summed E-state index contributed by atoms with van der Waals surface area (Å²) in [5.74, 6) is 0. The molecule has 0 N–H and O–H groups in total. The van der Waals surface area contributed by atoms with E-state index in [4.69, 9.17) is 0 Å². The minimum absolute atomic E-state index is 0.221. The Morgan fingerprint density at radius 1 is 0.577 bits per heavy atom. The zero-order valence-corrected chi connectivity index (χ0v) is 18.3. The van der Waals surface area contributed by atoms with Gasteiger partial charge in [0.1, 0.15) is 0 Å². The lowest BCUT2D eigenvalue weighted by Crippen LogP contribution is -2.15. The Morgan fingerprint density at radius 3 is 1.23 bits per heavy atom. The molecule has 0 atom stereocenters. The molecular weight excluding hydrogens is 312 g/mol. The standard InChI is InChI=1S/C26H38/c1-19-13-15-23(25(3,4)5)21(17-19)11-9-10-12-22-18-20(2)14-16-24(22)26(6,7)8/h13-18H,9-12H2,1-8H3. The van der Waals surface area contributed by atoms with Crippen molar-refractivity contribution in [3.63, 3.8) is 0 Å². The molecule has 2 rings (SSSR count). The van der Waals surface area contributed by atoms with Gasteiger partial charge < -0.3 is 0 Å². The smallest absolute Gasteiger partial charge is 0.0129 e. The van der Waals surface area contributed by atoms with E-state index in [1.54, 1.807) is 0 Å². The van der Waals surface area contributed by atoms with Gasteiger partial charge in [-0.15, -0.1) is 0 Å². The molecule has 26 heavy (non-hydrogen) atoms. The maximum absolute atomic E-state index is 2.40. The lowest BCUT2D eigenvalue weighted by Gasteiger charge is -2.24. The van der Waals surface area contributed by atoms with E-state index in [9.17, 15) is 0 Å². The number of hydrogen-bond donors (Lipinski definition) is 0. The molecule has 0 heteroatoms. The largest absolute Gasteiger partial charge is 0.0590 e. The van der Waals surface area contributed by atoms with Crippen molar-refractivity contribution in [1.29, 1.82) is 0 Å². The third-order valence-electron chi connectivity index (χ3n) is 5.28. The van der Waals surface area contributed by atoms with E-state index in [2.05, 4.69) is 91.8 Å². The minimum atomic E-state index is 0.221. The normalized spacial score (nSPS) is 12.5. The molecule has 0 unspecified atom stereocenters. The van der Waals surface area contributed by atoms with Crippen molar-refractivity contribution in [3.8, 4) is 0 Å². The molecule has 0 radical (unpaired) electrons. The highest BCUT2D eigenvalue weighted by atomic mass is 14.2. The first-order valence-corrected chi connectivity index (χ1v) is 10.2. The number of aryl methyl sites for hydroxylation is 4. The Kier molecular flexibility index (Phi) is 6.37. The highest BCUT2D eigenvalue weighted by Gasteiger charge is 2.19. The summed E-state index contributed by atoms with van der Waals surface area (Å²) in [6, 6.07) is 14.0. The molecule has 0 bridgehead atoms. The van der Waals surface area contributed by atoms with E-state index in [1.165, 1.54) is 59.1 Å². The van der Waals surface area contributed by atoms with Crippen LogP contribution in [0, 0.1) is 13.8 Å². The van der Waals surface area contributed by atoms with Gasteiger partial charge in [0.15, 0.2) is 0 Å². The summed E-state index contributed by atoms with van der Waals surface area (Å²) in [6.07, 6.45) is 4.88. The second kappa shape index (κ2) is 7.99.